The van der Waals surface area contributed by atoms with Gasteiger partial charge in [-0.1, -0.05) is 61.3 Å². The highest BCUT2D eigenvalue weighted by Gasteiger charge is 2.27. The van der Waals surface area contributed by atoms with Gasteiger partial charge in [-0.15, -0.1) is 0 Å². The van der Waals surface area contributed by atoms with Gasteiger partial charge >= 0.3 is 5.97 Å². The summed E-state index contributed by atoms with van der Waals surface area (Å²) < 4.78 is 5.10. The van der Waals surface area contributed by atoms with Crippen molar-refractivity contribution in [2.45, 2.75) is 39.5 Å². The molecule has 0 saturated carbocycles. The van der Waals surface area contributed by atoms with Crippen molar-refractivity contribution in [2.75, 3.05) is 19.7 Å². The Bertz CT molecular complexity index is 1010. The topological polar surface area (TPSA) is 46.6 Å². The van der Waals surface area contributed by atoms with Crippen molar-refractivity contribution >= 4 is 41.2 Å². The largest absolute Gasteiger partial charge is 0.466 e. The number of carbonyl (C=O) groups excluding carboxylic acids is 2. The normalized spacial score (nSPS) is 14.9. The van der Waals surface area contributed by atoms with E-state index in [-0.39, 0.29) is 17.8 Å². The van der Waals surface area contributed by atoms with E-state index in [1.54, 1.807) is 17.9 Å². The molecule has 6 heteroatoms. The van der Waals surface area contributed by atoms with Crippen LogP contribution < -0.4 is 0 Å². The molecule has 1 heterocycles. The van der Waals surface area contributed by atoms with Crippen molar-refractivity contribution in [1.82, 2.24) is 4.90 Å². The summed E-state index contributed by atoms with van der Waals surface area (Å²) in [6.07, 6.45) is 4.48. The van der Waals surface area contributed by atoms with Crippen LogP contribution in [0.25, 0.3) is 17.2 Å². The number of piperidine rings is 1. The van der Waals surface area contributed by atoms with Crippen molar-refractivity contribution < 1.29 is 14.3 Å². The number of likely N-dealkylation sites (tertiary alicyclic amines) is 1. The second kappa shape index (κ2) is 11.0. The molecule has 0 atom stereocenters. The first-order valence-corrected chi connectivity index (χ1v) is 11.7. The summed E-state index contributed by atoms with van der Waals surface area (Å²) >= 11 is 12.8. The van der Waals surface area contributed by atoms with E-state index in [4.69, 9.17) is 27.9 Å². The van der Waals surface area contributed by atoms with Gasteiger partial charge in [0, 0.05) is 30.8 Å². The van der Waals surface area contributed by atoms with Crippen molar-refractivity contribution in [3.63, 3.8) is 0 Å². The number of hydrogen-bond donors (Lipinski definition) is 0. The number of nitrogens with zero attached hydrogens (tertiary/aromatic N) is 1. The SMILES string of the molecule is CCOC(=O)C1CCN(C(=O)/C=C/c2c(-c3ccccc3C(C)C)c[c]c(Cl)c2Cl)CC1. The van der Waals surface area contributed by atoms with Gasteiger partial charge in [-0.3, -0.25) is 9.59 Å². The predicted octanol–water partition coefficient (Wildman–Crippen LogP) is 6.40. The van der Waals surface area contributed by atoms with E-state index in [1.165, 1.54) is 11.6 Å². The Morgan fingerprint density at radius 2 is 1.88 bits per heavy atom. The summed E-state index contributed by atoms with van der Waals surface area (Å²) in [5.74, 6) is -0.110. The van der Waals surface area contributed by atoms with Crippen LogP contribution >= 0.6 is 23.2 Å². The third kappa shape index (κ3) is 5.54. The summed E-state index contributed by atoms with van der Waals surface area (Å²) in [5, 5.41) is 0.688. The minimum atomic E-state index is -0.175. The molecular weight excluding hydrogens is 445 g/mol. The average Bonchev–Trinajstić information content (AvgIpc) is 2.80. The molecule has 2 aromatic rings. The second-order valence-electron chi connectivity index (χ2n) is 8.17. The van der Waals surface area contributed by atoms with Gasteiger partial charge in [-0.05, 0) is 54.5 Å². The molecule has 1 aliphatic heterocycles. The molecule has 32 heavy (non-hydrogen) atoms. The third-order valence-corrected chi connectivity index (χ3v) is 6.54. The highest BCUT2D eigenvalue weighted by molar-refractivity contribution is 6.43. The predicted molar refractivity (Wildman–Crippen MR) is 130 cm³/mol. The third-order valence-electron chi connectivity index (χ3n) is 5.75. The van der Waals surface area contributed by atoms with Gasteiger partial charge in [0.15, 0.2) is 0 Å². The van der Waals surface area contributed by atoms with Crippen LogP contribution in [-0.2, 0) is 14.3 Å². The first-order valence-electron chi connectivity index (χ1n) is 11.0. The summed E-state index contributed by atoms with van der Waals surface area (Å²) in [6, 6.07) is 13.0. The molecule has 1 radical (unpaired) electrons. The Morgan fingerprint density at radius 1 is 1.19 bits per heavy atom. The zero-order chi connectivity index (χ0) is 23.3. The molecule has 0 bridgehead atoms. The highest BCUT2D eigenvalue weighted by Crippen LogP contribution is 2.38. The Morgan fingerprint density at radius 3 is 2.53 bits per heavy atom. The zero-order valence-electron chi connectivity index (χ0n) is 18.7. The highest BCUT2D eigenvalue weighted by atomic mass is 35.5. The second-order valence-corrected chi connectivity index (χ2v) is 8.93. The fraction of sp³-hybridized carbons (Fsp3) is 0.385. The van der Waals surface area contributed by atoms with Gasteiger partial charge in [0.25, 0.3) is 0 Å². The van der Waals surface area contributed by atoms with Crippen molar-refractivity contribution in [3.8, 4) is 11.1 Å². The van der Waals surface area contributed by atoms with Crippen LogP contribution in [0.4, 0.5) is 0 Å². The summed E-state index contributed by atoms with van der Waals surface area (Å²) in [5.41, 5.74) is 3.80. The van der Waals surface area contributed by atoms with E-state index in [9.17, 15) is 9.59 Å². The molecule has 0 spiro atoms. The maximum Gasteiger partial charge on any atom is 0.309 e. The maximum atomic E-state index is 12.8. The monoisotopic (exact) mass is 472 g/mol. The maximum absolute atomic E-state index is 12.8. The van der Waals surface area contributed by atoms with Gasteiger partial charge in [-0.2, -0.15) is 0 Å². The van der Waals surface area contributed by atoms with E-state index < -0.39 is 0 Å². The number of amides is 1. The summed E-state index contributed by atoms with van der Waals surface area (Å²) in [6.45, 7) is 7.49. The van der Waals surface area contributed by atoms with E-state index in [0.717, 1.165) is 11.1 Å². The van der Waals surface area contributed by atoms with Crippen LogP contribution in [0.2, 0.25) is 10.0 Å². The molecule has 0 unspecified atom stereocenters. The Hall–Kier alpha value is -2.30. The molecule has 169 valence electrons. The van der Waals surface area contributed by atoms with Gasteiger partial charge in [0.2, 0.25) is 5.91 Å². The van der Waals surface area contributed by atoms with Crippen LogP contribution in [0.5, 0.6) is 0 Å². The van der Waals surface area contributed by atoms with Crippen LogP contribution in [0.3, 0.4) is 0 Å². The van der Waals surface area contributed by atoms with Gasteiger partial charge in [0.1, 0.15) is 0 Å². The quantitative estimate of drug-likeness (QED) is 0.360. The Kier molecular flexibility index (Phi) is 8.38. The number of benzene rings is 2. The van der Waals surface area contributed by atoms with Gasteiger partial charge in [0.05, 0.1) is 22.6 Å². The van der Waals surface area contributed by atoms with E-state index in [2.05, 4.69) is 26.0 Å². The lowest BCUT2D eigenvalue weighted by molar-refractivity contribution is -0.150. The molecule has 1 amide bonds. The molecular formula is C26H28Cl2NO3. The molecule has 2 aromatic carbocycles. The van der Waals surface area contributed by atoms with Crippen molar-refractivity contribution in [3.05, 3.63) is 63.6 Å². The lowest BCUT2D eigenvalue weighted by Crippen LogP contribution is -2.39. The molecule has 1 aliphatic rings. The van der Waals surface area contributed by atoms with E-state index in [0.29, 0.717) is 54.1 Å². The summed E-state index contributed by atoms with van der Waals surface area (Å²) in [7, 11) is 0. The van der Waals surface area contributed by atoms with Crippen molar-refractivity contribution in [1.29, 1.82) is 0 Å². The zero-order valence-corrected chi connectivity index (χ0v) is 20.2. The standard InChI is InChI=1S/C26H28Cl2NO3/c1-4-32-26(31)18-13-15-29(16-14-18)24(30)12-10-22-21(9-11-23(27)25(22)28)20-8-6-5-7-19(20)17(2)3/h5-10,12,17-18H,4,13-16H2,1-3H3/b12-10+. The number of esters is 1. The average molecular weight is 473 g/mol. The lowest BCUT2D eigenvalue weighted by atomic mass is 9.90. The molecule has 0 aliphatic carbocycles. The fourth-order valence-corrected chi connectivity index (χ4v) is 4.38. The number of carbonyl (C=O) groups is 2. The smallest absolute Gasteiger partial charge is 0.309 e. The first kappa shape index (κ1) is 24.3. The molecule has 1 fully saturated rings. The van der Waals surface area contributed by atoms with Crippen LogP contribution in [0, 0.1) is 12.0 Å². The molecule has 3 rings (SSSR count). The Balaban J connectivity index is 1.83. The van der Waals surface area contributed by atoms with Gasteiger partial charge < -0.3 is 9.64 Å². The van der Waals surface area contributed by atoms with Gasteiger partial charge in [-0.25, -0.2) is 0 Å². The molecule has 0 aromatic heterocycles. The molecule has 0 N–H and O–H groups in total. The van der Waals surface area contributed by atoms with Crippen LogP contribution in [0.15, 0.2) is 36.4 Å². The van der Waals surface area contributed by atoms with E-state index >= 15 is 0 Å². The minimum Gasteiger partial charge on any atom is -0.466 e. The van der Waals surface area contributed by atoms with Crippen LogP contribution in [-0.4, -0.2) is 36.5 Å². The number of halogens is 2. The number of hydrogen-bond acceptors (Lipinski definition) is 3. The summed E-state index contributed by atoms with van der Waals surface area (Å²) in [4.78, 5) is 26.5. The minimum absolute atomic E-state index is 0.115. The van der Waals surface area contributed by atoms with E-state index in [1.807, 2.05) is 24.3 Å². The molecule has 4 nitrogen and oxygen atoms in total. The first-order chi connectivity index (χ1) is 15.3. The lowest BCUT2D eigenvalue weighted by Gasteiger charge is -2.30. The van der Waals surface area contributed by atoms with Crippen molar-refractivity contribution in [2.24, 2.45) is 5.92 Å². The fourth-order valence-electron chi connectivity index (χ4n) is 4.00. The Labute approximate surface area is 200 Å². The number of rotatable bonds is 6. The number of ether oxygens (including phenoxy) is 1. The van der Waals surface area contributed by atoms with Crippen LogP contribution in [0.1, 0.15) is 50.7 Å². The molecule has 1 saturated heterocycles.